The average Bonchev–Trinajstić information content (AvgIpc) is 2.42. The van der Waals surface area contributed by atoms with Crippen molar-refractivity contribution in [3.8, 4) is 0 Å². The Morgan fingerprint density at radius 1 is 1.21 bits per heavy atom. The molecule has 1 N–H and O–H groups in total. The van der Waals surface area contributed by atoms with Crippen molar-refractivity contribution >= 4 is 17.6 Å². The van der Waals surface area contributed by atoms with E-state index < -0.39 is 0 Å². The second-order valence-corrected chi connectivity index (χ2v) is 6.97. The van der Waals surface area contributed by atoms with Gasteiger partial charge in [0.15, 0.2) is 0 Å². The first kappa shape index (κ1) is 14.6. The normalized spacial score (nSPS) is 14.5. The van der Waals surface area contributed by atoms with Crippen LogP contribution in [0.1, 0.15) is 57.1 Å². The van der Waals surface area contributed by atoms with Crippen molar-refractivity contribution in [2.45, 2.75) is 63.9 Å². The summed E-state index contributed by atoms with van der Waals surface area (Å²) in [6, 6.07) is 0. The third-order valence-corrected chi connectivity index (χ3v) is 4.41. The first-order valence-electron chi connectivity index (χ1n) is 7.44. The van der Waals surface area contributed by atoms with Crippen molar-refractivity contribution in [3.63, 3.8) is 0 Å². The van der Waals surface area contributed by atoms with Gasteiger partial charge in [-0.3, -0.25) is 0 Å². The highest BCUT2D eigenvalue weighted by atomic mass is 32.2. The lowest BCUT2D eigenvalue weighted by Gasteiger charge is -2.20. The molecule has 106 valence electrons. The van der Waals surface area contributed by atoms with E-state index in [1.807, 2.05) is 11.8 Å². The minimum atomic E-state index is 0.631. The Kier molecular flexibility index (Phi) is 5.49. The fourth-order valence-corrected chi connectivity index (χ4v) is 2.95. The third kappa shape index (κ3) is 4.10. The Hall–Kier alpha value is -0.770. The molecule has 0 bridgehead atoms. The Bertz CT molecular complexity index is 418. The number of nitrogens with zero attached hydrogens (tertiary/aromatic N) is 2. The van der Waals surface area contributed by atoms with E-state index in [1.165, 1.54) is 24.1 Å². The van der Waals surface area contributed by atoms with Crippen LogP contribution in [-0.2, 0) is 18.6 Å². The molecule has 2 rings (SSSR count). The lowest BCUT2D eigenvalue weighted by Crippen LogP contribution is -2.15. The van der Waals surface area contributed by atoms with Gasteiger partial charge in [-0.25, -0.2) is 9.97 Å². The smallest absolute Gasteiger partial charge is 0.140 e. The lowest BCUT2D eigenvalue weighted by molar-refractivity contribution is 0.658. The molecule has 0 aliphatic heterocycles. The largest absolute Gasteiger partial charge is 0.370 e. The highest BCUT2D eigenvalue weighted by Crippen LogP contribution is 2.27. The van der Waals surface area contributed by atoms with Gasteiger partial charge in [-0.1, -0.05) is 20.8 Å². The van der Waals surface area contributed by atoms with Crippen molar-refractivity contribution in [1.82, 2.24) is 9.97 Å². The van der Waals surface area contributed by atoms with Gasteiger partial charge < -0.3 is 5.32 Å². The summed E-state index contributed by atoms with van der Waals surface area (Å²) < 4.78 is 0. The number of aryl methyl sites for hydroxylation is 1. The van der Waals surface area contributed by atoms with E-state index >= 15 is 0 Å². The maximum Gasteiger partial charge on any atom is 0.140 e. The quantitative estimate of drug-likeness (QED) is 0.859. The minimum Gasteiger partial charge on any atom is -0.370 e. The summed E-state index contributed by atoms with van der Waals surface area (Å²) in [6.45, 7) is 7.63. The summed E-state index contributed by atoms with van der Waals surface area (Å²) in [5.74, 6) is 3.02. The lowest BCUT2D eigenvalue weighted by atomic mass is 9.96. The zero-order valence-corrected chi connectivity index (χ0v) is 13.1. The first-order valence-corrected chi connectivity index (χ1v) is 8.49. The SMILES string of the molecule is CCCNc1nc(CSC(C)C)nc2c1CCCC2. The predicted octanol–water partition coefficient (Wildman–Crippen LogP) is 3.82. The van der Waals surface area contributed by atoms with Crippen LogP contribution in [0.15, 0.2) is 0 Å². The van der Waals surface area contributed by atoms with Crippen LogP contribution >= 0.6 is 11.8 Å². The summed E-state index contributed by atoms with van der Waals surface area (Å²) in [7, 11) is 0. The molecule has 3 nitrogen and oxygen atoms in total. The monoisotopic (exact) mass is 279 g/mol. The number of aromatic nitrogens is 2. The fraction of sp³-hybridized carbons (Fsp3) is 0.733. The second-order valence-electron chi connectivity index (χ2n) is 5.41. The minimum absolute atomic E-state index is 0.631. The molecule has 1 aliphatic rings. The van der Waals surface area contributed by atoms with Crippen LogP contribution in [0.5, 0.6) is 0 Å². The van der Waals surface area contributed by atoms with E-state index in [9.17, 15) is 0 Å². The zero-order chi connectivity index (χ0) is 13.7. The van der Waals surface area contributed by atoms with E-state index in [-0.39, 0.29) is 0 Å². The Balaban J connectivity index is 2.20. The zero-order valence-electron chi connectivity index (χ0n) is 12.3. The maximum absolute atomic E-state index is 4.78. The highest BCUT2D eigenvalue weighted by Gasteiger charge is 2.17. The van der Waals surface area contributed by atoms with E-state index in [1.54, 1.807) is 0 Å². The molecule has 0 atom stereocenters. The molecular weight excluding hydrogens is 254 g/mol. The molecule has 0 saturated heterocycles. The molecular formula is C15H25N3S. The van der Waals surface area contributed by atoms with E-state index in [4.69, 9.17) is 9.97 Å². The molecule has 0 radical (unpaired) electrons. The van der Waals surface area contributed by atoms with Crippen LogP contribution in [-0.4, -0.2) is 21.8 Å². The van der Waals surface area contributed by atoms with Crippen molar-refractivity contribution in [2.75, 3.05) is 11.9 Å². The molecule has 19 heavy (non-hydrogen) atoms. The fourth-order valence-electron chi connectivity index (χ4n) is 2.34. The van der Waals surface area contributed by atoms with Crippen LogP contribution in [0.3, 0.4) is 0 Å². The molecule has 4 heteroatoms. The van der Waals surface area contributed by atoms with Gasteiger partial charge in [-0.05, 0) is 37.4 Å². The van der Waals surface area contributed by atoms with Crippen LogP contribution in [0.4, 0.5) is 5.82 Å². The maximum atomic E-state index is 4.78. The van der Waals surface area contributed by atoms with Gasteiger partial charge in [0.1, 0.15) is 11.6 Å². The highest BCUT2D eigenvalue weighted by molar-refractivity contribution is 7.99. The van der Waals surface area contributed by atoms with Gasteiger partial charge in [0.05, 0.1) is 5.75 Å². The summed E-state index contributed by atoms with van der Waals surface area (Å²) in [4.78, 5) is 9.53. The van der Waals surface area contributed by atoms with Crippen molar-refractivity contribution < 1.29 is 0 Å². The van der Waals surface area contributed by atoms with Gasteiger partial charge in [0.2, 0.25) is 0 Å². The third-order valence-electron chi connectivity index (χ3n) is 3.32. The Morgan fingerprint density at radius 2 is 2.00 bits per heavy atom. The number of anilines is 1. The van der Waals surface area contributed by atoms with E-state index in [0.717, 1.165) is 43.2 Å². The van der Waals surface area contributed by atoms with Gasteiger partial charge in [0, 0.05) is 17.8 Å². The van der Waals surface area contributed by atoms with Crippen LogP contribution < -0.4 is 5.32 Å². The molecule has 0 aromatic carbocycles. The molecule has 0 saturated carbocycles. The summed E-state index contributed by atoms with van der Waals surface area (Å²) in [5.41, 5.74) is 2.66. The van der Waals surface area contributed by atoms with Gasteiger partial charge in [-0.2, -0.15) is 11.8 Å². The molecule has 1 heterocycles. The first-order chi connectivity index (χ1) is 9.20. The van der Waals surface area contributed by atoms with Crippen molar-refractivity contribution in [1.29, 1.82) is 0 Å². The number of thioether (sulfide) groups is 1. The van der Waals surface area contributed by atoms with Gasteiger partial charge in [0.25, 0.3) is 0 Å². The Morgan fingerprint density at radius 3 is 2.74 bits per heavy atom. The molecule has 1 aromatic rings. The van der Waals surface area contributed by atoms with E-state index in [2.05, 4.69) is 26.1 Å². The Labute approximate surface area is 121 Å². The summed E-state index contributed by atoms with van der Waals surface area (Å²) in [5, 5.41) is 4.12. The van der Waals surface area contributed by atoms with Gasteiger partial charge >= 0.3 is 0 Å². The predicted molar refractivity (Wildman–Crippen MR) is 83.9 cm³/mol. The van der Waals surface area contributed by atoms with Crippen molar-refractivity contribution in [3.05, 3.63) is 17.1 Å². The standard InChI is InChI=1S/C15H25N3S/c1-4-9-16-15-12-7-5-6-8-13(12)17-14(18-15)10-19-11(2)3/h11H,4-10H2,1-3H3,(H,16,17,18). The molecule has 1 aliphatic carbocycles. The number of nitrogens with one attached hydrogen (secondary N) is 1. The molecule has 0 fully saturated rings. The number of hydrogen-bond acceptors (Lipinski definition) is 4. The number of rotatable bonds is 6. The second kappa shape index (κ2) is 7.13. The van der Waals surface area contributed by atoms with Crippen LogP contribution in [0.2, 0.25) is 0 Å². The molecule has 0 spiro atoms. The summed E-state index contributed by atoms with van der Waals surface area (Å²) in [6.07, 6.45) is 5.94. The molecule has 1 aromatic heterocycles. The van der Waals surface area contributed by atoms with E-state index in [0.29, 0.717) is 5.25 Å². The summed E-state index contributed by atoms with van der Waals surface area (Å²) >= 11 is 1.91. The van der Waals surface area contributed by atoms with Crippen molar-refractivity contribution in [2.24, 2.45) is 0 Å². The van der Waals surface area contributed by atoms with Crippen LogP contribution in [0, 0.1) is 0 Å². The number of fused-ring (bicyclic) bond motifs is 1. The molecule has 0 unspecified atom stereocenters. The van der Waals surface area contributed by atoms with Crippen LogP contribution in [0.25, 0.3) is 0 Å². The molecule has 0 amide bonds. The van der Waals surface area contributed by atoms with Gasteiger partial charge in [-0.15, -0.1) is 0 Å². The number of hydrogen-bond donors (Lipinski definition) is 1. The topological polar surface area (TPSA) is 37.8 Å². The average molecular weight is 279 g/mol.